The summed E-state index contributed by atoms with van der Waals surface area (Å²) in [5, 5.41) is 20.4. The molecule has 1 fully saturated rings. The van der Waals surface area contributed by atoms with Gasteiger partial charge in [-0.25, -0.2) is 0 Å². The van der Waals surface area contributed by atoms with E-state index < -0.39 is 0 Å². The Morgan fingerprint density at radius 1 is 1.00 bits per heavy atom. The van der Waals surface area contributed by atoms with Crippen molar-refractivity contribution in [3.63, 3.8) is 0 Å². The second kappa shape index (κ2) is 7.38. The molecule has 6 nitrogen and oxygen atoms in total. The Hall–Kier alpha value is -2.86. The summed E-state index contributed by atoms with van der Waals surface area (Å²) >= 11 is 6.10. The van der Waals surface area contributed by atoms with Crippen LogP contribution in [0.3, 0.4) is 0 Å². The zero-order valence-electron chi connectivity index (χ0n) is 17.4. The Labute approximate surface area is 186 Å². The molecule has 3 aromatic rings. The minimum Gasteiger partial charge on any atom is -0.378 e. The maximum absolute atomic E-state index is 6.10. The highest BCUT2D eigenvalue weighted by molar-refractivity contribution is 6.30. The third-order valence-corrected chi connectivity index (χ3v) is 6.95. The molecule has 0 saturated heterocycles. The van der Waals surface area contributed by atoms with Gasteiger partial charge >= 0.3 is 0 Å². The quantitative estimate of drug-likeness (QED) is 0.566. The lowest BCUT2D eigenvalue weighted by molar-refractivity contribution is 0.218. The van der Waals surface area contributed by atoms with E-state index in [1.165, 1.54) is 29.5 Å². The maximum atomic E-state index is 6.10. The van der Waals surface area contributed by atoms with Gasteiger partial charge in [0.2, 0.25) is 0 Å². The zero-order chi connectivity index (χ0) is 20.9. The van der Waals surface area contributed by atoms with Crippen molar-refractivity contribution < 1.29 is 0 Å². The van der Waals surface area contributed by atoms with Crippen LogP contribution in [0.15, 0.2) is 65.2 Å². The monoisotopic (exact) mass is 432 g/mol. The van der Waals surface area contributed by atoms with Crippen molar-refractivity contribution in [2.75, 3.05) is 11.9 Å². The minimum atomic E-state index is 0.188. The smallest absolute Gasteiger partial charge is 0.102 e. The van der Waals surface area contributed by atoms with Gasteiger partial charge in [0.25, 0.3) is 0 Å². The highest BCUT2D eigenvalue weighted by Crippen LogP contribution is 2.49. The molecular weight excluding hydrogens is 408 g/mol. The Morgan fingerprint density at radius 3 is 2.58 bits per heavy atom. The first-order chi connectivity index (χ1) is 15.2. The summed E-state index contributed by atoms with van der Waals surface area (Å²) < 4.78 is 1.85. The van der Waals surface area contributed by atoms with E-state index in [-0.39, 0.29) is 18.1 Å². The summed E-state index contributed by atoms with van der Waals surface area (Å²) in [6.45, 7) is 0.888. The molecule has 2 aromatic carbocycles. The van der Waals surface area contributed by atoms with Gasteiger partial charge in [-0.15, -0.1) is 0 Å². The number of fused-ring (bicyclic) bond motifs is 3. The van der Waals surface area contributed by atoms with Crippen LogP contribution in [0.5, 0.6) is 0 Å². The topological polar surface area (TPSA) is 57.8 Å². The summed E-state index contributed by atoms with van der Waals surface area (Å²) in [4.78, 5) is 0. The number of aryl methyl sites for hydroxylation is 1. The van der Waals surface area contributed by atoms with Crippen LogP contribution in [0.2, 0.25) is 5.02 Å². The lowest BCUT2D eigenvalue weighted by atomic mass is 9.88. The second-order valence-corrected chi connectivity index (χ2v) is 9.32. The number of anilines is 1. The van der Waals surface area contributed by atoms with Crippen LogP contribution in [0, 0.1) is 5.92 Å². The molecule has 2 aliphatic heterocycles. The fourth-order valence-corrected chi connectivity index (χ4v) is 5.08. The van der Waals surface area contributed by atoms with Gasteiger partial charge in [-0.2, -0.15) is 10.2 Å². The van der Waals surface area contributed by atoms with Crippen molar-refractivity contribution in [2.45, 2.75) is 37.4 Å². The van der Waals surface area contributed by atoms with Gasteiger partial charge < -0.3 is 5.32 Å². The van der Waals surface area contributed by atoms with Gasteiger partial charge in [0, 0.05) is 36.1 Å². The van der Waals surface area contributed by atoms with Crippen molar-refractivity contribution >= 4 is 17.3 Å². The summed E-state index contributed by atoms with van der Waals surface area (Å²) in [6.07, 6.45) is 7.49. The standard InChI is InChI=1S/C24H25ClN6/c1-30-14-17(13-26-30)16-4-9-20-21(12-16)22(27-19-7-5-18(25)6-8-19)10-11-31-24(20)23(28-29-31)15-2-3-15/h4-9,12-15,22-24,27H,2-3,10-11H2,1H3. The molecule has 0 radical (unpaired) electrons. The summed E-state index contributed by atoms with van der Waals surface area (Å²) in [5.74, 6) is 0.672. The summed E-state index contributed by atoms with van der Waals surface area (Å²) in [6, 6.07) is 15.5. The minimum absolute atomic E-state index is 0.188. The fraction of sp³-hybridized carbons (Fsp3) is 0.375. The van der Waals surface area contributed by atoms with Crippen molar-refractivity contribution in [3.05, 3.63) is 71.0 Å². The second-order valence-electron chi connectivity index (χ2n) is 8.88. The predicted octanol–water partition coefficient (Wildman–Crippen LogP) is 5.80. The van der Waals surface area contributed by atoms with Crippen LogP contribution in [0.25, 0.3) is 11.1 Å². The van der Waals surface area contributed by atoms with E-state index in [2.05, 4.69) is 50.2 Å². The molecular formula is C24H25ClN6. The third-order valence-electron chi connectivity index (χ3n) is 6.70. The van der Waals surface area contributed by atoms with Crippen LogP contribution in [-0.2, 0) is 7.05 Å². The average molecular weight is 433 g/mol. The van der Waals surface area contributed by atoms with Crippen LogP contribution in [0.1, 0.15) is 42.5 Å². The molecule has 1 aromatic heterocycles. The van der Waals surface area contributed by atoms with Gasteiger partial charge in [0.1, 0.15) is 6.04 Å². The fourth-order valence-electron chi connectivity index (χ4n) is 4.95. The van der Waals surface area contributed by atoms with Crippen molar-refractivity contribution in [2.24, 2.45) is 23.3 Å². The summed E-state index contributed by atoms with van der Waals surface area (Å²) in [7, 11) is 1.96. The molecule has 1 saturated carbocycles. The Morgan fingerprint density at radius 2 is 1.84 bits per heavy atom. The number of nitrogens with one attached hydrogen (secondary N) is 1. The largest absolute Gasteiger partial charge is 0.378 e. The van der Waals surface area contributed by atoms with Crippen LogP contribution in [0.4, 0.5) is 5.69 Å². The predicted molar refractivity (Wildman–Crippen MR) is 122 cm³/mol. The molecule has 3 heterocycles. The molecule has 0 bridgehead atoms. The molecule has 6 rings (SSSR count). The molecule has 7 heteroatoms. The van der Waals surface area contributed by atoms with Gasteiger partial charge in [0.05, 0.1) is 18.3 Å². The zero-order valence-corrected chi connectivity index (χ0v) is 18.2. The van der Waals surface area contributed by atoms with E-state index in [0.717, 1.165) is 29.2 Å². The molecule has 1 aliphatic carbocycles. The van der Waals surface area contributed by atoms with E-state index in [1.807, 2.05) is 42.2 Å². The Kier molecular flexibility index (Phi) is 4.49. The average Bonchev–Trinajstić information content (AvgIpc) is 3.43. The van der Waals surface area contributed by atoms with Gasteiger partial charge in [-0.1, -0.05) is 29.0 Å². The van der Waals surface area contributed by atoms with Crippen LogP contribution in [-0.4, -0.2) is 27.4 Å². The Balaban J connectivity index is 1.43. The van der Waals surface area contributed by atoms with Gasteiger partial charge in [-0.05, 0) is 72.2 Å². The number of aromatic nitrogens is 2. The normalized spacial score (nSPS) is 24.6. The molecule has 3 aliphatic rings. The van der Waals surface area contributed by atoms with Crippen LogP contribution < -0.4 is 5.32 Å². The molecule has 1 N–H and O–H groups in total. The van der Waals surface area contributed by atoms with Gasteiger partial charge in [0.15, 0.2) is 0 Å². The number of halogens is 1. The molecule has 31 heavy (non-hydrogen) atoms. The van der Waals surface area contributed by atoms with Crippen molar-refractivity contribution in [3.8, 4) is 11.1 Å². The number of benzene rings is 2. The first-order valence-corrected chi connectivity index (χ1v) is 11.4. The van der Waals surface area contributed by atoms with Gasteiger partial charge in [-0.3, -0.25) is 9.69 Å². The van der Waals surface area contributed by atoms with E-state index in [4.69, 9.17) is 11.6 Å². The number of nitrogens with zero attached hydrogens (tertiary/aromatic N) is 5. The number of hydrogen-bond acceptors (Lipinski definition) is 5. The Bertz CT molecular complexity index is 1130. The lowest BCUT2D eigenvalue weighted by Crippen LogP contribution is -2.27. The highest BCUT2D eigenvalue weighted by atomic mass is 35.5. The van der Waals surface area contributed by atoms with E-state index >= 15 is 0 Å². The molecule has 0 amide bonds. The SMILES string of the molecule is Cn1cc(-c2ccc3c(c2)C(Nc2ccc(Cl)cc2)CCN2N=NC(C4CC4)C32)cn1. The first-order valence-electron chi connectivity index (χ1n) is 11.0. The molecule has 0 spiro atoms. The van der Waals surface area contributed by atoms with E-state index in [1.54, 1.807) is 0 Å². The van der Waals surface area contributed by atoms with E-state index in [9.17, 15) is 0 Å². The van der Waals surface area contributed by atoms with Crippen molar-refractivity contribution in [1.29, 1.82) is 0 Å². The summed E-state index contributed by atoms with van der Waals surface area (Å²) in [5.41, 5.74) is 6.09. The van der Waals surface area contributed by atoms with Crippen molar-refractivity contribution in [1.82, 2.24) is 14.8 Å². The molecule has 158 valence electrons. The molecule has 3 unspecified atom stereocenters. The highest BCUT2D eigenvalue weighted by Gasteiger charge is 2.46. The number of rotatable bonds is 4. The lowest BCUT2D eigenvalue weighted by Gasteiger charge is -2.26. The first kappa shape index (κ1) is 18.9. The van der Waals surface area contributed by atoms with Crippen LogP contribution >= 0.6 is 11.6 Å². The number of hydrogen-bond donors (Lipinski definition) is 1. The molecule has 3 atom stereocenters. The maximum Gasteiger partial charge on any atom is 0.102 e. The third kappa shape index (κ3) is 3.49. The van der Waals surface area contributed by atoms with E-state index in [0.29, 0.717) is 5.92 Å².